The molecule has 1 atom stereocenters. The molecule has 0 saturated heterocycles. The molecule has 0 amide bonds. The summed E-state index contributed by atoms with van der Waals surface area (Å²) in [5.74, 6) is -0.490. The van der Waals surface area contributed by atoms with Gasteiger partial charge in [-0.25, -0.2) is 19.1 Å². The number of cyclic esters (lactones) is 1. The highest BCUT2D eigenvalue weighted by atomic mass is 35.5. The third-order valence-corrected chi connectivity index (χ3v) is 8.55. The lowest BCUT2D eigenvalue weighted by Crippen LogP contribution is -2.45. The number of rotatable bonds is 9. The van der Waals surface area contributed by atoms with Crippen LogP contribution in [0.4, 0.5) is 0 Å². The van der Waals surface area contributed by atoms with E-state index in [0.29, 0.717) is 29.4 Å². The fourth-order valence-electron chi connectivity index (χ4n) is 5.34. The van der Waals surface area contributed by atoms with Crippen LogP contribution < -0.4 is 9.47 Å². The highest BCUT2D eigenvalue weighted by molar-refractivity contribution is 8.03. The summed E-state index contributed by atoms with van der Waals surface area (Å²) in [5.41, 5.74) is -0.0922. The maximum Gasteiger partial charge on any atom is 0.349 e. The molecule has 2 N–H and O–H groups in total. The van der Waals surface area contributed by atoms with Crippen molar-refractivity contribution in [3.8, 4) is 11.5 Å². The zero-order valence-corrected chi connectivity index (χ0v) is 22.9. The van der Waals surface area contributed by atoms with Crippen molar-refractivity contribution >= 4 is 41.1 Å². The Morgan fingerprint density at radius 3 is 2.67 bits per heavy atom. The van der Waals surface area contributed by atoms with Gasteiger partial charge < -0.3 is 24.4 Å². The Morgan fingerprint density at radius 1 is 1.26 bits per heavy atom. The van der Waals surface area contributed by atoms with Crippen molar-refractivity contribution in [2.24, 2.45) is 5.92 Å². The first-order chi connectivity index (χ1) is 18.7. The average Bonchev–Trinajstić information content (AvgIpc) is 3.59. The van der Waals surface area contributed by atoms with Crippen LogP contribution in [0.3, 0.4) is 0 Å². The Bertz CT molecular complexity index is 1470. The van der Waals surface area contributed by atoms with Crippen LogP contribution in [0, 0.1) is 5.92 Å². The van der Waals surface area contributed by atoms with Gasteiger partial charge in [0.1, 0.15) is 27.8 Å². The molecule has 3 aromatic rings. The van der Waals surface area contributed by atoms with Gasteiger partial charge in [-0.05, 0) is 55.0 Å². The molecule has 13 heteroatoms. The number of aryl methyl sites for hydroxylation is 1. The highest BCUT2D eigenvalue weighted by Gasteiger charge is 2.48. The molecule has 2 aromatic heterocycles. The van der Waals surface area contributed by atoms with Gasteiger partial charge in [0.15, 0.2) is 0 Å². The maximum atomic E-state index is 13.3. The summed E-state index contributed by atoms with van der Waals surface area (Å²) in [6, 6.07) is 3.52. The second-order valence-corrected chi connectivity index (χ2v) is 11.0. The smallest absolute Gasteiger partial charge is 0.349 e. The van der Waals surface area contributed by atoms with E-state index in [2.05, 4.69) is 15.1 Å². The number of benzene rings is 1. The number of thioether (sulfide) groups is 1. The van der Waals surface area contributed by atoms with Crippen LogP contribution in [0.1, 0.15) is 54.4 Å². The van der Waals surface area contributed by atoms with Crippen LogP contribution >= 0.6 is 23.4 Å². The van der Waals surface area contributed by atoms with Gasteiger partial charge in [-0.3, -0.25) is 0 Å². The lowest BCUT2D eigenvalue weighted by Gasteiger charge is -2.41. The lowest BCUT2D eigenvalue weighted by atomic mass is 9.77. The molecule has 0 spiro atoms. The summed E-state index contributed by atoms with van der Waals surface area (Å²) in [6.45, 7) is 0. The first-order valence-corrected chi connectivity index (χ1v) is 13.6. The van der Waals surface area contributed by atoms with Crippen molar-refractivity contribution in [2.45, 2.75) is 55.7 Å². The van der Waals surface area contributed by atoms with E-state index in [-0.39, 0.29) is 39.5 Å². The molecule has 1 saturated carbocycles. The van der Waals surface area contributed by atoms with E-state index in [0.717, 1.165) is 43.0 Å². The van der Waals surface area contributed by atoms with Gasteiger partial charge in [-0.1, -0.05) is 24.4 Å². The van der Waals surface area contributed by atoms with E-state index < -0.39 is 17.5 Å². The van der Waals surface area contributed by atoms with Gasteiger partial charge in [-0.15, -0.1) is 5.10 Å². The molecule has 5 rings (SSSR count). The number of carboxylic acid groups (broad SMARTS) is 1. The maximum absolute atomic E-state index is 13.3. The van der Waals surface area contributed by atoms with Gasteiger partial charge in [0.25, 0.3) is 5.78 Å². The Hall–Kier alpha value is -3.51. The van der Waals surface area contributed by atoms with Crippen LogP contribution in [-0.4, -0.2) is 61.6 Å². The first-order valence-electron chi connectivity index (χ1n) is 12.4. The van der Waals surface area contributed by atoms with Crippen LogP contribution in [0.25, 0.3) is 5.78 Å². The predicted molar refractivity (Wildman–Crippen MR) is 142 cm³/mol. The zero-order chi connectivity index (χ0) is 27.7. The number of methoxy groups -OCH3 is 2. The molecule has 2 aliphatic rings. The number of ether oxygens (including phenoxy) is 3. The predicted octanol–water partition coefficient (Wildman–Crippen LogP) is 4.86. The zero-order valence-electron chi connectivity index (χ0n) is 21.3. The van der Waals surface area contributed by atoms with Gasteiger partial charge >= 0.3 is 11.9 Å². The summed E-state index contributed by atoms with van der Waals surface area (Å²) < 4.78 is 18.2. The Balaban J connectivity index is 1.41. The van der Waals surface area contributed by atoms with E-state index in [1.54, 1.807) is 19.2 Å². The number of hydrogen-bond acceptors (Lipinski definition) is 10. The SMILES string of the molecule is COc1cc(OC)c(CCC2(C3CCCC3)CC(O)=C(Sc3nc4ncc(C(=O)O)cn4n3)C(=O)O2)cc1Cl. The average molecular weight is 575 g/mol. The minimum atomic E-state index is -1.15. The molecular weight excluding hydrogens is 548 g/mol. The van der Waals surface area contributed by atoms with Crippen LogP contribution in [0.2, 0.25) is 5.02 Å². The summed E-state index contributed by atoms with van der Waals surface area (Å²) in [5, 5.41) is 25.1. The summed E-state index contributed by atoms with van der Waals surface area (Å²) in [7, 11) is 3.11. The summed E-state index contributed by atoms with van der Waals surface area (Å²) in [6.07, 6.45) is 7.45. The number of carbonyl (C=O) groups is 2. The number of aliphatic hydroxyl groups excluding tert-OH is 1. The third-order valence-electron chi connectivity index (χ3n) is 7.30. The molecule has 1 fully saturated rings. The number of fused-ring (bicyclic) bond motifs is 1. The highest BCUT2D eigenvalue weighted by Crippen LogP contribution is 2.48. The van der Waals surface area contributed by atoms with E-state index in [9.17, 15) is 19.8 Å². The van der Waals surface area contributed by atoms with E-state index in [1.807, 2.05) is 0 Å². The standard InChI is InChI=1S/C26H27ClN4O7S/c1-36-19-10-20(37-2)17(27)9-14(19)7-8-26(16-5-3-4-6-16)11-18(32)21(23(35)38-26)39-25-29-24-28-12-15(22(33)34)13-31(24)30-25/h9-10,12-13,16,32H,3-8,11H2,1-2H3,(H,33,34). The number of carbonyl (C=O) groups excluding carboxylic acids is 1. The number of carboxylic acids is 1. The fraction of sp³-hybridized carbons (Fsp3) is 0.423. The van der Waals surface area contributed by atoms with Gasteiger partial charge in [0, 0.05) is 24.9 Å². The number of aromatic nitrogens is 4. The molecule has 1 aliphatic heterocycles. The van der Waals surface area contributed by atoms with Crippen molar-refractivity contribution < 1.29 is 34.0 Å². The molecule has 0 radical (unpaired) electrons. The van der Waals surface area contributed by atoms with Crippen molar-refractivity contribution in [3.63, 3.8) is 0 Å². The molecule has 3 heterocycles. The minimum absolute atomic E-state index is 0.00283. The molecule has 206 valence electrons. The van der Waals surface area contributed by atoms with Crippen molar-refractivity contribution in [2.75, 3.05) is 14.2 Å². The third kappa shape index (κ3) is 5.35. The molecule has 1 unspecified atom stereocenters. The molecule has 11 nitrogen and oxygen atoms in total. The van der Waals surface area contributed by atoms with E-state index in [1.165, 1.54) is 24.0 Å². The van der Waals surface area contributed by atoms with Crippen LogP contribution in [0.15, 0.2) is 40.3 Å². The van der Waals surface area contributed by atoms with E-state index >= 15 is 0 Å². The number of aromatic carboxylic acids is 1. The van der Waals surface area contributed by atoms with Crippen molar-refractivity contribution in [3.05, 3.63) is 51.3 Å². The quantitative estimate of drug-likeness (QED) is 0.338. The van der Waals surface area contributed by atoms with Crippen LogP contribution in [0.5, 0.6) is 11.5 Å². The molecule has 1 aliphatic carbocycles. The summed E-state index contributed by atoms with van der Waals surface area (Å²) >= 11 is 7.24. The molecule has 0 bridgehead atoms. The van der Waals surface area contributed by atoms with Gasteiger partial charge in [-0.2, -0.15) is 4.98 Å². The Kier molecular flexibility index (Phi) is 7.59. The normalized spacial score (nSPS) is 19.9. The van der Waals surface area contributed by atoms with Crippen molar-refractivity contribution in [1.82, 2.24) is 19.6 Å². The topological polar surface area (TPSA) is 145 Å². The summed E-state index contributed by atoms with van der Waals surface area (Å²) in [4.78, 5) is 32.8. The number of nitrogens with zero attached hydrogens (tertiary/aromatic N) is 4. The van der Waals surface area contributed by atoms with Gasteiger partial charge in [0.2, 0.25) is 5.16 Å². The molecule has 39 heavy (non-hydrogen) atoms. The van der Waals surface area contributed by atoms with Crippen molar-refractivity contribution in [1.29, 1.82) is 0 Å². The Labute approximate surface area is 233 Å². The van der Waals surface area contributed by atoms with Gasteiger partial charge in [0.05, 0.1) is 24.8 Å². The number of hydrogen-bond donors (Lipinski definition) is 2. The Morgan fingerprint density at radius 2 is 2.00 bits per heavy atom. The minimum Gasteiger partial charge on any atom is -0.511 e. The van der Waals surface area contributed by atoms with Crippen LogP contribution in [-0.2, 0) is 16.0 Å². The number of esters is 1. The number of halogens is 1. The monoisotopic (exact) mass is 574 g/mol. The number of aliphatic hydroxyl groups is 1. The second kappa shape index (κ2) is 10.9. The second-order valence-electron chi connectivity index (χ2n) is 9.58. The largest absolute Gasteiger partial charge is 0.511 e. The first kappa shape index (κ1) is 27.1. The lowest BCUT2D eigenvalue weighted by molar-refractivity contribution is -0.166. The van der Waals surface area contributed by atoms with E-state index in [4.69, 9.17) is 25.8 Å². The molecular formula is C26H27ClN4O7S. The molecule has 1 aromatic carbocycles. The fourth-order valence-corrected chi connectivity index (χ4v) is 6.36.